The molecule has 0 fully saturated rings. The summed E-state index contributed by atoms with van der Waals surface area (Å²) < 4.78 is 1.03. The molecule has 3 nitrogen and oxygen atoms in total. The molecular weight excluding hydrogens is 254 g/mol. The summed E-state index contributed by atoms with van der Waals surface area (Å²) in [5.41, 5.74) is 1.97. The van der Waals surface area contributed by atoms with Crippen LogP contribution in [-0.4, -0.2) is 17.0 Å². The highest BCUT2D eigenvalue weighted by molar-refractivity contribution is 9.10. The number of hydrogen-bond donors (Lipinski definition) is 1. The fourth-order valence-electron chi connectivity index (χ4n) is 1.31. The molecular formula is C11H10BrN3. The quantitative estimate of drug-likeness (QED) is 0.906. The van der Waals surface area contributed by atoms with E-state index in [4.69, 9.17) is 0 Å². The van der Waals surface area contributed by atoms with E-state index in [1.807, 2.05) is 37.4 Å². The molecule has 0 saturated carbocycles. The molecule has 0 bridgehead atoms. The molecule has 0 aliphatic rings. The summed E-state index contributed by atoms with van der Waals surface area (Å²) in [5, 5.41) is 2.99. The van der Waals surface area contributed by atoms with E-state index in [1.165, 1.54) is 0 Å². The number of aromatic nitrogens is 2. The highest BCUT2D eigenvalue weighted by atomic mass is 79.9. The lowest BCUT2D eigenvalue weighted by Crippen LogP contribution is -1.94. The number of nitrogens with one attached hydrogen (secondary N) is 1. The Morgan fingerprint density at radius 2 is 2.00 bits per heavy atom. The van der Waals surface area contributed by atoms with Crippen molar-refractivity contribution in [2.45, 2.75) is 0 Å². The van der Waals surface area contributed by atoms with Crippen LogP contribution in [0.2, 0.25) is 0 Å². The first-order chi connectivity index (χ1) is 7.31. The van der Waals surface area contributed by atoms with E-state index in [0.717, 1.165) is 21.5 Å². The number of rotatable bonds is 2. The molecule has 0 aliphatic carbocycles. The van der Waals surface area contributed by atoms with Crippen molar-refractivity contribution in [3.63, 3.8) is 0 Å². The van der Waals surface area contributed by atoms with Gasteiger partial charge in [0.1, 0.15) is 12.1 Å². The number of nitrogens with zero attached hydrogens (tertiary/aromatic N) is 2. The summed E-state index contributed by atoms with van der Waals surface area (Å²) >= 11 is 3.50. The van der Waals surface area contributed by atoms with Crippen LogP contribution in [0.3, 0.4) is 0 Å². The van der Waals surface area contributed by atoms with Crippen molar-refractivity contribution in [3.8, 4) is 11.3 Å². The average molecular weight is 264 g/mol. The fraction of sp³-hybridized carbons (Fsp3) is 0.0909. The molecule has 1 heterocycles. The Bertz CT molecular complexity index is 471. The van der Waals surface area contributed by atoms with E-state index < -0.39 is 0 Å². The van der Waals surface area contributed by atoms with Gasteiger partial charge in [-0.05, 0) is 6.07 Å². The van der Waals surface area contributed by atoms with Crippen LogP contribution in [0, 0.1) is 0 Å². The van der Waals surface area contributed by atoms with Crippen LogP contribution in [0.15, 0.2) is 41.1 Å². The zero-order valence-electron chi connectivity index (χ0n) is 8.24. The first-order valence-corrected chi connectivity index (χ1v) is 5.35. The third-order valence-electron chi connectivity index (χ3n) is 2.07. The first-order valence-electron chi connectivity index (χ1n) is 4.56. The lowest BCUT2D eigenvalue weighted by Gasteiger charge is -2.04. The number of benzene rings is 1. The van der Waals surface area contributed by atoms with Gasteiger partial charge in [-0.1, -0.05) is 34.1 Å². The van der Waals surface area contributed by atoms with Crippen LogP contribution >= 0.6 is 15.9 Å². The van der Waals surface area contributed by atoms with E-state index in [-0.39, 0.29) is 0 Å². The number of halogens is 1. The summed E-state index contributed by atoms with van der Waals surface area (Å²) in [6, 6.07) is 9.90. The van der Waals surface area contributed by atoms with Gasteiger partial charge in [-0.3, -0.25) is 0 Å². The zero-order valence-corrected chi connectivity index (χ0v) is 9.82. The Morgan fingerprint density at radius 3 is 2.73 bits per heavy atom. The highest BCUT2D eigenvalue weighted by Gasteiger charge is 2.04. The van der Waals surface area contributed by atoms with Gasteiger partial charge in [0, 0.05) is 23.2 Å². The van der Waals surface area contributed by atoms with Gasteiger partial charge in [0.15, 0.2) is 0 Å². The normalized spacial score (nSPS) is 10.0. The van der Waals surface area contributed by atoms with Crippen molar-refractivity contribution in [2.24, 2.45) is 0 Å². The molecule has 4 heteroatoms. The Balaban J connectivity index is 2.49. The second-order valence-corrected chi connectivity index (χ2v) is 3.87. The van der Waals surface area contributed by atoms with E-state index in [9.17, 15) is 0 Å². The van der Waals surface area contributed by atoms with Crippen LogP contribution in [0.5, 0.6) is 0 Å². The van der Waals surface area contributed by atoms with Crippen molar-refractivity contribution in [1.29, 1.82) is 0 Å². The molecule has 0 radical (unpaired) electrons. The summed E-state index contributed by atoms with van der Waals surface area (Å²) in [7, 11) is 1.84. The lowest BCUT2D eigenvalue weighted by atomic mass is 10.1. The summed E-state index contributed by atoms with van der Waals surface area (Å²) in [6.07, 6.45) is 1.56. The first kappa shape index (κ1) is 10.1. The molecule has 0 unspecified atom stereocenters. The molecule has 1 N–H and O–H groups in total. The van der Waals surface area contributed by atoms with Crippen LogP contribution in [0.1, 0.15) is 0 Å². The molecule has 0 aliphatic heterocycles. The topological polar surface area (TPSA) is 37.8 Å². The minimum Gasteiger partial charge on any atom is -0.373 e. The molecule has 2 rings (SSSR count). The van der Waals surface area contributed by atoms with Gasteiger partial charge in [-0.2, -0.15) is 0 Å². The Kier molecular flexibility index (Phi) is 2.97. The maximum Gasteiger partial charge on any atom is 0.129 e. The second kappa shape index (κ2) is 4.40. The Labute approximate surface area is 96.7 Å². The predicted molar refractivity (Wildman–Crippen MR) is 64.7 cm³/mol. The Morgan fingerprint density at radius 1 is 1.20 bits per heavy atom. The second-order valence-electron chi connectivity index (χ2n) is 3.02. The van der Waals surface area contributed by atoms with Crippen molar-refractivity contribution >= 4 is 21.7 Å². The Hall–Kier alpha value is -1.42. The zero-order chi connectivity index (χ0) is 10.7. The van der Waals surface area contributed by atoms with Crippen molar-refractivity contribution in [3.05, 3.63) is 41.1 Å². The fourth-order valence-corrected chi connectivity index (χ4v) is 1.80. The molecule has 1 aromatic heterocycles. The number of anilines is 1. The van der Waals surface area contributed by atoms with Gasteiger partial charge in [0.05, 0.1) is 5.69 Å². The minimum atomic E-state index is 0.816. The number of hydrogen-bond acceptors (Lipinski definition) is 3. The minimum absolute atomic E-state index is 0.816. The SMILES string of the molecule is CNc1cc(-c2ccccc2Br)ncn1. The van der Waals surface area contributed by atoms with E-state index in [0.29, 0.717) is 0 Å². The average Bonchev–Trinajstić information content (AvgIpc) is 2.30. The van der Waals surface area contributed by atoms with Crippen LogP contribution in [0.25, 0.3) is 11.3 Å². The molecule has 0 atom stereocenters. The standard InChI is InChI=1S/C11H10BrN3/c1-13-11-6-10(14-7-15-11)8-4-2-3-5-9(8)12/h2-7H,1H3,(H,13,14,15). The van der Waals surface area contributed by atoms with E-state index in [2.05, 4.69) is 31.2 Å². The molecule has 0 amide bonds. The highest BCUT2D eigenvalue weighted by Crippen LogP contribution is 2.26. The maximum absolute atomic E-state index is 4.24. The summed E-state index contributed by atoms with van der Waals surface area (Å²) in [6.45, 7) is 0. The molecule has 76 valence electrons. The molecule has 0 spiro atoms. The molecule has 0 saturated heterocycles. The maximum atomic E-state index is 4.24. The van der Waals surface area contributed by atoms with Crippen LogP contribution < -0.4 is 5.32 Å². The van der Waals surface area contributed by atoms with E-state index >= 15 is 0 Å². The van der Waals surface area contributed by atoms with E-state index in [1.54, 1.807) is 6.33 Å². The van der Waals surface area contributed by atoms with Crippen LogP contribution in [-0.2, 0) is 0 Å². The third kappa shape index (κ3) is 2.15. The van der Waals surface area contributed by atoms with Gasteiger partial charge >= 0.3 is 0 Å². The van der Waals surface area contributed by atoms with Gasteiger partial charge in [-0.15, -0.1) is 0 Å². The van der Waals surface area contributed by atoms with Crippen molar-refractivity contribution in [2.75, 3.05) is 12.4 Å². The summed E-state index contributed by atoms with van der Waals surface area (Å²) in [4.78, 5) is 8.31. The molecule has 2 aromatic rings. The van der Waals surface area contributed by atoms with Crippen LogP contribution in [0.4, 0.5) is 5.82 Å². The summed E-state index contributed by atoms with van der Waals surface area (Å²) in [5.74, 6) is 0.816. The third-order valence-corrected chi connectivity index (χ3v) is 2.76. The van der Waals surface area contributed by atoms with Gasteiger partial charge in [0.2, 0.25) is 0 Å². The monoisotopic (exact) mass is 263 g/mol. The predicted octanol–water partition coefficient (Wildman–Crippen LogP) is 2.95. The van der Waals surface area contributed by atoms with Crippen molar-refractivity contribution < 1.29 is 0 Å². The lowest BCUT2D eigenvalue weighted by molar-refractivity contribution is 1.16. The molecule has 15 heavy (non-hydrogen) atoms. The smallest absolute Gasteiger partial charge is 0.129 e. The molecule has 1 aromatic carbocycles. The van der Waals surface area contributed by atoms with Gasteiger partial charge in [-0.25, -0.2) is 9.97 Å². The van der Waals surface area contributed by atoms with Gasteiger partial charge < -0.3 is 5.32 Å². The van der Waals surface area contributed by atoms with Gasteiger partial charge in [0.25, 0.3) is 0 Å². The largest absolute Gasteiger partial charge is 0.373 e. The van der Waals surface area contributed by atoms with Crippen molar-refractivity contribution in [1.82, 2.24) is 9.97 Å².